The summed E-state index contributed by atoms with van der Waals surface area (Å²) in [5.74, 6) is -2.02. The van der Waals surface area contributed by atoms with E-state index in [9.17, 15) is 24.8 Å². The van der Waals surface area contributed by atoms with Crippen molar-refractivity contribution in [2.45, 2.75) is 13.3 Å². The first-order chi connectivity index (χ1) is 9.36. The van der Waals surface area contributed by atoms with Crippen LogP contribution in [0, 0.1) is 17.0 Å². The van der Waals surface area contributed by atoms with Gasteiger partial charge in [0.15, 0.2) is 5.78 Å². The number of aryl methyl sites for hydroxylation is 1. The number of nitro benzene ring substituents is 1. The van der Waals surface area contributed by atoms with Crippen molar-refractivity contribution < 1.29 is 24.4 Å². The number of hydrogen-bond acceptors (Lipinski definition) is 6. The monoisotopic (exact) mass is 279 g/mol. The average Bonchev–Trinajstić information content (AvgIpc) is 2.37. The Morgan fingerprint density at radius 3 is 2.65 bits per heavy atom. The number of nitrogens with zero attached hydrogens (tertiary/aromatic N) is 1. The minimum absolute atomic E-state index is 0.0757. The van der Waals surface area contributed by atoms with Crippen molar-refractivity contribution in [1.82, 2.24) is 0 Å². The second-order valence-electron chi connectivity index (χ2n) is 3.98. The fourth-order valence-electron chi connectivity index (χ4n) is 1.60. The molecule has 1 aromatic rings. The lowest BCUT2D eigenvalue weighted by Crippen LogP contribution is -2.07. The van der Waals surface area contributed by atoms with Gasteiger partial charge in [0.1, 0.15) is 12.2 Å². The molecule has 0 aliphatic carbocycles. The number of rotatable bonds is 5. The van der Waals surface area contributed by atoms with Gasteiger partial charge in [-0.25, -0.2) is 0 Å². The number of ketones is 1. The molecule has 106 valence electrons. The number of nitro groups is 1. The molecule has 0 aliphatic heterocycles. The number of methoxy groups -OCH3 is 1. The summed E-state index contributed by atoms with van der Waals surface area (Å²) in [6.45, 7) is 1.52. The SMILES string of the molecule is COC(=O)CC(=O)/C=C(\O)c1cccc(C)c1[N+](=O)[O-]. The first-order valence-electron chi connectivity index (χ1n) is 5.61. The van der Waals surface area contributed by atoms with Crippen LogP contribution in [0.15, 0.2) is 24.3 Å². The van der Waals surface area contributed by atoms with Crippen molar-refractivity contribution in [2.75, 3.05) is 7.11 Å². The molecule has 1 rings (SSSR count). The second-order valence-corrected chi connectivity index (χ2v) is 3.98. The molecule has 7 nitrogen and oxygen atoms in total. The van der Waals surface area contributed by atoms with Crippen LogP contribution >= 0.6 is 0 Å². The zero-order chi connectivity index (χ0) is 15.3. The lowest BCUT2D eigenvalue weighted by atomic mass is 10.1. The zero-order valence-electron chi connectivity index (χ0n) is 11.0. The predicted octanol–water partition coefficient (Wildman–Crippen LogP) is 1.93. The molecule has 0 fully saturated rings. The third-order valence-electron chi connectivity index (χ3n) is 2.54. The first kappa shape index (κ1) is 15.4. The predicted molar refractivity (Wildman–Crippen MR) is 70.1 cm³/mol. The topological polar surface area (TPSA) is 107 Å². The maximum absolute atomic E-state index is 11.5. The number of aliphatic hydroxyl groups is 1. The molecule has 0 aromatic heterocycles. The molecule has 0 amide bonds. The maximum Gasteiger partial charge on any atom is 0.313 e. The second kappa shape index (κ2) is 6.46. The van der Waals surface area contributed by atoms with Crippen LogP contribution in [0.3, 0.4) is 0 Å². The van der Waals surface area contributed by atoms with Crippen molar-refractivity contribution in [2.24, 2.45) is 0 Å². The van der Waals surface area contributed by atoms with Gasteiger partial charge in [0.25, 0.3) is 5.69 Å². The number of carbonyl (C=O) groups is 2. The Morgan fingerprint density at radius 2 is 2.10 bits per heavy atom. The van der Waals surface area contributed by atoms with E-state index in [4.69, 9.17) is 0 Å². The Labute approximate surface area is 114 Å². The first-order valence-corrected chi connectivity index (χ1v) is 5.61. The van der Waals surface area contributed by atoms with E-state index in [1.165, 1.54) is 25.1 Å². The number of para-hydroxylation sites is 1. The molecule has 7 heteroatoms. The summed E-state index contributed by atoms with van der Waals surface area (Å²) in [6, 6.07) is 4.36. The summed E-state index contributed by atoms with van der Waals surface area (Å²) >= 11 is 0. The van der Waals surface area contributed by atoms with Gasteiger partial charge in [-0.3, -0.25) is 19.7 Å². The molecule has 1 aromatic carbocycles. The zero-order valence-corrected chi connectivity index (χ0v) is 11.0. The average molecular weight is 279 g/mol. The van der Waals surface area contributed by atoms with Crippen LogP contribution in [0.5, 0.6) is 0 Å². The molecule has 0 saturated heterocycles. The van der Waals surface area contributed by atoms with Crippen LogP contribution in [0.1, 0.15) is 17.5 Å². The van der Waals surface area contributed by atoms with Crippen molar-refractivity contribution >= 4 is 23.2 Å². The normalized spacial score (nSPS) is 11.0. The van der Waals surface area contributed by atoms with E-state index < -0.39 is 28.9 Å². The molecule has 0 spiro atoms. The smallest absolute Gasteiger partial charge is 0.313 e. The van der Waals surface area contributed by atoms with Crippen molar-refractivity contribution in [3.05, 3.63) is 45.5 Å². The Balaban J connectivity index is 3.12. The van der Waals surface area contributed by atoms with Gasteiger partial charge in [0, 0.05) is 11.6 Å². The lowest BCUT2D eigenvalue weighted by Gasteiger charge is -2.04. The maximum atomic E-state index is 11.5. The van der Waals surface area contributed by atoms with Crippen LogP contribution in [0.2, 0.25) is 0 Å². The number of allylic oxidation sites excluding steroid dienone is 1. The molecule has 0 heterocycles. The van der Waals surface area contributed by atoms with Gasteiger partial charge in [0.2, 0.25) is 0 Å². The number of esters is 1. The summed E-state index contributed by atoms with van der Waals surface area (Å²) in [7, 11) is 1.13. The number of ether oxygens (including phenoxy) is 1. The Kier molecular flexibility index (Phi) is 4.96. The summed E-state index contributed by atoms with van der Waals surface area (Å²) in [6.07, 6.45) is 0.235. The van der Waals surface area contributed by atoms with Gasteiger partial charge in [-0.15, -0.1) is 0 Å². The number of aliphatic hydroxyl groups excluding tert-OH is 1. The number of hydrogen-bond donors (Lipinski definition) is 1. The lowest BCUT2D eigenvalue weighted by molar-refractivity contribution is -0.385. The van der Waals surface area contributed by atoms with Gasteiger partial charge >= 0.3 is 5.97 Å². The number of benzene rings is 1. The third-order valence-corrected chi connectivity index (χ3v) is 2.54. The molecular formula is C13H13NO6. The van der Waals surface area contributed by atoms with E-state index in [0.717, 1.165) is 13.2 Å². The Hall–Kier alpha value is -2.70. The Bertz CT molecular complexity index is 591. The van der Waals surface area contributed by atoms with Gasteiger partial charge in [-0.2, -0.15) is 0 Å². The molecule has 1 N–H and O–H groups in total. The van der Waals surface area contributed by atoms with E-state index in [1.54, 1.807) is 0 Å². The van der Waals surface area contributed by atoms with Crippen LogP contribution in [0.25, 0.3) is 5.76 Å². The highest BCUT2D eigenvalue weighted by molar-refractivity contribution is 6.05. The van der Waals surface area contributed by atoms with Crippen molar-refractivity contribution in [1.29, 1.82) is 0 Å². The summed E-state index contributed by atoms with van der Waals surface area (Å²) in [5, 5.41) is 20.8. The molecule has 0 unspecified atom stereocenters. The van der Waals surface area contributed by atoms with Crippen molar-refractivity contribution in [3.63, 3.8) is 0 Å². The molecule has 0 bridgehead atoms. The van der Waals surface area contributed by atoms with Gasteiger partial charge in [-0.1, -0.05) is 12.1 Å². The van der Waals surface area contributed by atoms with Gasteiger partial charge in [-0.05, 0) is 13.0 Å². The molecule has 0 aliphatic rings. The standard InChI is InChI=1S/C13H13NO6/c1-8-4-3-5-10(13(8)14(18)19)11(16)6-9(15)7-12(17)20-2/h3-6,16H,7H2,1-2H3/b11-6-. The number of carbonyl (C=O) groups excluding carboxylic acids is 2. The quantitative estimate of drug-likeness (QED) is 0.220. The summed E-state index contributed by atoms with van der Waals surface area (Å²) in [4.78, 5) is 32.7. The fourth-order valence-corrected chi connectivity index (χ4v) is 1.60. The van der Waals surface area contributed by atoms with E-state index in [1.807, 2.05) is 0 Å². The minimum Gasteiger partial charge on any atom is -0.507 e. The Morgan fingerprint density at radius 1 is 1.45 bits per heavy atom. The van der Waals surface area contributed by atoms with E-state index in [-0.39, 0.29) is 11.3 Å². The van der Waals surface area contributed by atoms with E-state index in [2.05, 4.69) is 4.74 Å². The molecular weight excluding hydrogens is 266 g/mol. The van der Waals surface area contributed by atoms with E-state index in [0.29, 0.717) is 5.56 Å². The van der Waals surface area contributed by atoms with Crippen LogP contribution in [-0.2, 0) is 14.3 Å². The van der Waals surface area contributed by atoms with Crippen LogP contribution < -0.4 is 0 Å². The van der Waals surface area contributed by atoms with Crippen molar-refractivity contribution in [3.8, 4) is 0 Å². The summed E-state index contributed by atoms with van der Waals surface area (Å²) < 4.78 is 4.31. The van der Waals surface area contributed by atoms with Crippen LogP contribution in [-0.4, -0.2) is 28.9 Å². The summed E-state index contributed by atoms with van der Waals surface area (Å²) in [5.41, 5.74) is -0.00630. The van der Waals surface area contributed by atoms with Gasteiger partial charge < -0.3 is 9.84 Å². The molecule has 0 saturated carbocycles. The highest BCUT2D eigenvalue weighted by atomic mass is 16.6. The van der Waals surface area contributed by atoms with E-state index >= 15 is 0 Å². The highest BCUT2D eigenvalue weighted by Gasteiger charge is 2.20. The van der Waals surface area contributed by atoms with Gasteiger partial charge in [0.05, 0.1) is 17.6 Å². The molecule has 20 heavy (non-hydrogen) atoms. The fraction of sp³-hybridized carbons (Fsp3) is 0.231. The minimum atomic E-state index is -0.752. The molecule has 0 radical (unpaired) electrons. The largest absolute Gasteiger partial charge is 0.507 e. The highest BCUT2D eigenvalue weighted by Crippen LogP contribution is 2.27. The van der Waals surface area contributed by atoms with Crippen LogP contribution in [0.4, 0.5) is 5.69 Å². The molecule has 0 atom stereocenters. The third kappa shape index (κ3) is 3.64.